The summed E-state index contributed by atoms with van der Waals surface area (Å²) in [6, 6.07) is 0. The topological polar surface area (TPSA) is 134 Å². The van der Waals surface area contributed by atoms with Crippen molar-refractivity contribution in [3.8, 4) is 0 Å². The molecule has 2 unspecified atom stereocenters. The van der Waals surface area contributed by atoms with Crippen molar-refractivity contribution < 1.29 is 34.1 Å². The van der Waals surface area contributed by atoms with Crippen molar-refractivity contribution in [1.29, 1.82) is 0 Å². The quantitative estimate of drug-likeness (QED) is 0.141. The second kappa shape index (κ2) is 13.5. The van der Waals surface area contributed by atoms with Gasteiger partial charge in [0.05, 0.1) is 17.8 Å². The van der Waals surface area contributed by atoms with Gasteiger partial charge in [0.2, 0.25) is 11.8 Å². The van der Waals surface area contributed by atoms with Crippen LogP contribution < -0.4 is 10.6 Å². The lowest BCUT2D eigenvalue weighted by Crippen LogP contribution is -2.67. The molecule has 5 aliphatic rings. The van der Waals surface area contributed by atoms with Crippen molar-refractivity contribution in [2.75, 3.05) is 31.6 Å². The number of amides is 2. The first kappa shape index (κ1) is 32.9. The Bertz CT molecular complexity index is 1090. The van der Waals surface area contributed by atoms with Crippen molar-refractivity contribution in [2.24, 2.45) is 34.5 Å². The third kappa shape index (κ3) is 6.32. The van der Waals surface area contributed by atoms with Crippen LogP contribution in [0.2, 0.25) is 0 Å². The summed E-state index contributed by atoms with van der Waals surface area (Å²) in [4.78, 5) is 35.9. The van der Waals surface area contributed by atoms with Crippen molar-refractivity contribution in [1.82, 2.24) is 10.6 Å². The summed E-state index contributed by atoms with van der Waals surface area (Å²) in [5.74, 6) is 0.400. The number of fused-ring (bicyclic) bond motifs is 5. The number of aliphatic hydroxyl groups excluding tert-OH is 1. The molecule has 1 heterocycles. The third-order valence-corrected chi connectivity index (χ3v) is 12.7. The standard InChI is InChI=1S/C33H51BrN2O7/c1-31-11-9-23(42-20-29(39)35-14-5-3-4-6-28(38)36-15-13-34)17-22(31)7-8-25-26(31)18-27(37)32(2)24(10-12-33(25,32)41)21-16-30(40)43-19-21/h16,22-27,37,41H,3-15,17-20H2,1-2H3,(H,35,39)(H,36,38)/t22-,23+,24-,25?,26?,27-,31+,32+,33+/m1/s1. The van der Waals surface area contributed by atoms with Crippen LogP contribution in [0.3, 0.4) is 0 Å². The van der Waals surface area contributed by atoms with Crippen molar-refractivity contribution in [3.63, 3.8) is 0 Å². The van der Waals surface area contributed by atoms with E-state index in [9.17, 15) is 24.6 Å². The highest BCUT2D eigenvalue weighted by atomic mass is 79.9. The lowest BCUT2D eigenvalue weighted by atomic mass is 9.42. The SMILES string of the molecule is C[C@]12[C@H](O)CC3C(CC[C@@H]4C[C@@H](OCC(=O)NCCCCCC(=O)NCCBr)CC[C@]34C)[C@@]1(O)CC[C@@H]2C1=CC(=O)OC1. The Hall–Kier alpha value is -1.49. The molecule has 0 aromatic carbocycles. The molecule has 0 spiro atoms. The van der Waals surface area contributed by atoms with E-state index >= 15 is 0 Å². The van der Waals surface area contributed by atoms with E-state index < -0.39 is 17.1 Å². The zero-order valence-corrected chi connectivity index (χ0v) is 27.5. The second-order valence-corrected chi connectivity index (χ2v) is 15.1. The van der Waals surface area contributed by atoms with Gasteiger partial charge in [0, 0.05) is 36.3 Å². The van der Waals surface area contributed by atoms with Crippen molar-refractivity contribution in [2.45, 2.75) is 109 Å². The molecule has 0 saturated heterocycles. The lowest BCUT2D eigenvalue weighted by Gasteiger charge is -2.65. The van der Waals surface area contributed by atoms with E-state index in [0.29, 0.717) is 38.3 Å². The van der Waals surface area contributed by atoms with Crippen molar-refractivity contribution in [3.05, 3.63) is 11.6 Å². The largest absolute Gasteiger partial charge is 0.458 e. The molecule has 4 N–H and O–H groups in total. The smallest absolute Gasteiger partial charge is 0.331 e. The van der Waals surface area contributed by atoms with E-state index in [1.54, 1.807) is 6.08 Å². The van der Waals surface area contributed by atoms with E-state index in [2.05, 4.69) is 33.5 Å². The molecular weight excluding hydrogens is 616 g/mol. The average molecular weight is 668 g/mol. The van der Waals surface area contributed by atoms with Crippen LogP contribution in [0.15, 0.2) is 11.6 Å². The van der Waals surface area contributed by atoms with Gasteiger partial charge in [-0.15, -0.1) is 0 Å². The van der Waals surface area contributed by atoms with Gasteiger partial charge in [-0.05, 0) is 98.9 Å². The number of alkyl halides is 1. The summed E-state index contributed by atoms with van der Waals surface area (Å²) in [6.07, 6.45) is 10.8. The second-order valence-electron chi connectivity index (χ2n) is 14.3. The number of cyclic esters (lactones) is 1. The molecule has 43 heavy (non-hydrogen) atoms. The summed E-state index contributed by atoms with van der Waals surface area (Å²) < 4.78 is 11.3. The Morgan fingerprint density at radius 3 is 2.56 bits per heavy atom. The molecule has 4 aliphatic carbocycles. The molecule has 2 amide bonds. The molecular formula is C33H51BrN2O7. The number of rotatable bonds is 12. The number of unbranched alkanes of at least 4 members (excludes halogenated alkanes) is 2. The fraction of sp³-hybridized carbons (Fsp3) is 0.848. The molecule has 9 atom stereocenters. The van der Waals surface area contributed by atoms with Crippen LogP contribution in [-0.4, -0.2) is 77.4 Å². The van der Waals surface area contributed by atoms with E-state index in [0.717, 1.165) is 68.7 Å². The van der Waals surface area contributed by atoms with Crippen LogP contribution in [0.1, 0.15) is 90.9 Å². The fourth-order valence-electron chi connectivity index (χ4n) is 9.84. The molecule has 0 aromatic rings. The maximum atomic E-state index is 12.4. The van der Waals surface area contributed by atoms with E-state index in [1.807, 2.05) is 6.92 Å². The van der Waals surface area contributed by atoms with Crippen LogP contribution in [0, 0.1) is 34.5 Å². The van der Waals surface area contributed by atoms with Gasteiger partial charge in [-0.25, -0.2) is 4.79 Å². The van der Waals surface area contributed by atoms with Gasteiger partial charge < -0.3 is 30.3 Å². The molecule has 0 aromatic heterocycles. The number of ether oxygens (including phenoxy) is 2. The first-order chi connectivity index (χ1) is 20.5. The zero-order chi connectivity index (χ0) is 30.8. The molecule has 9 nitrogen and oxygen atoms in total. The number of aliphatic hydroxyl groups is 2. The molecule has 5 rings (SSSR count). The van der Waals surface area contributed by atoms with E-state index in [-0.39, 0.29) is 60.3 Å². The lowest BCUT2D eigenvalue weighted by molar-refractivity contribution is -0.245. The highest BCUT2D eigenvalue weighted by Gasteiger charge is 2.70. The first-order valence-electron chi connectivity index (χ1n) is 16.5. The Balaban J connectivity index is 1.09. The number of carbonyl (C=O) groups is 3. The van der Waals surface area contributed by atoms with Gasteiger partial charge in [0.15, 0.2) is 0 Å². The number of halogens is 1. The van der Waals surface area contributed by atoms with Gasteiger partial charge >= 0.3 is 5.97 Å². The Morgan fingerprint density at radius 2 is 1.81 bits per heavy atom. The van der Waals surface area contributed by atoms with Crippen LogP contribution in [0.25, 0.3) is 0 Å². The van der Waals surface area contributed by atoms with Crippen LogP contribution in [0.5, 0.6) is 0 Å². The van der Waals surface area contributed by atoms with E-state index in [4.69, 9.17) is 9.47 Å². The molecule has 4 saturated carbocycles. The number of esters is 1. The predicted octanol–water partition coefficient (Wildman–Crippen LogP) is 3.79. The van der Waals surface area contributed by atoms with Gasteiger partial charge in [-0.1, -0.05) is 36.2 Å². The summed E-state index contributed by atoms with van der Waals surface area (Å²) in [6.45, 7) is 5.97. The average Bonchev–Trinajstić information content (AvgIpc) is 3.53. The van der Waals surface area contributed by atoms with Crippen LogP contribution >= 0.6 is 15.9 Å². The van der Waals surface area contributed by atoms with E-state index in [1.165, 1.54) is 0 Å². The minimum atomic E-state index is -0.967. The predicted molar refractivity (Wildman–Crippen MR) is 165 cm³/mol. The maximum Gasteiger partial charge on any atom is 0.331 e. The Morgan fingerprint density at radius 1 is 1.02 bits per heavy atom. The monoisotopic (exact) mass is 666 g/mol. The summed E-state index contributed by atoms with van der Waals surface area (Å²) in [7, 11) is 0. The van der Waals surface area contributed by atoms with Crippen LogP contribution in [-0.2, 0) is 23.9 Å². The normalized spacial score (nSPS) is 40.1. The third-order valence-electron chi connectivity index (χ3n) is 12.3. The highest BCUT2D eigenvalue weighted by molar-refractivity contribution is 9.09. The summed E-state index contributed by atoms with van der Waals surface area (Å²) in [5, 5.41) is 30.7. The first-order valence-corrected chi connectivity index (χ1v) is 17.6. The molecule has 1 aliphatic heterocycles. The summed E-state index contributed by atoms with van der Waals surface area (Å²) in [5.41, 5.74) is -0.719. The minimum Gasteiger partial charge on any atom is -0.458 e. The van der Waals surface area contributed by atoms with Gasteiger partial charge in [0.1, 0.15) is 13.2 Å². The molecule has 0 bridgehead atoms. The molecule has 0 radical (unpaired) electrons. The van der Waals surface area contributed by atoms with Gasteiger partial charge in [0.25, 0.3) is 0 Å². The number of hydrogen-bond donors (Lipinski definition) is 4. The van der Waals surface area contributed by atoms with Gasteiger partial charge in [-0.2, -0.15) is 0 Å². The number of carbonyl (C=O) groups excluding carboxylic acids is 3. The van der Waals surface area contributed by atoms with Crippen LogP contribution in [0.4, 0.5) is 0 Å². The maximum absolute atomic E-state index is 12.4. The minimum absolute atomic E-state index is 0.0119. The fourth-order valence-corrected chi connectivity index (χ4v) is 10.0. The number of nitrogens with one attached hydrogen (secondary N) is 2. The summed E-state index contributed by atoms with van der Waals surface area (Å²) >= 11 is 3.29. The zero-order valence-electron chi connectivity index (χ0n) is 25.9. The number of hydrogen-bond acceptors (Lipinski definition) is 7. The van der Waals surface area contributed by atoms with Crippen molar-refractivity contribution >= 4 is 33.7 Å². The molecule has 4 fully saturated rings. The Labute approximate surface area is 264 Å². The van der Waals surface area contributed by atoms with Gasteiger partial charge in [-0.3, -0.25) is 9.59 Å². The highest BCUT2D eigenvalue weighted by Crippen LogP contribution is 2.70. The Kier molecular flexibility index (Phi) is 10.3. The molecule has 242 valence electrons. The molecule has 10 heteroatoms.